The molecule has 1 aliphatic rings. The molecule has 0 radical (unpaired) electrons. The normalized spacial score (nSPS) is 18.7. The minimum atomic E-state index is 0.696. The monoisotopic (exact) mass is 268 g/mol. The maximum atomic E-state index is 5.19. The van der Waals surface area contributed by atoms with Crippen LogP contribution in [0.2, 0.25) is 0 Å². The summed E-state index contributed by atoms with van der Waals surface area (Å²) in [6.07, 6.45) is 6.09. The van der Waals surface area contributed by atoms with E-state index in [0.29, 0.717) is 6.04 Å². The van der Waals surface area contributed by atoms with Crippen LogP contribution in [0.5, 0.6) is 0 Å². The van der Waals surface area contributed by atoms with Crippen LogP contribution in [-0.2, 0) is 4.74 Å². The van der Waals surface area contributed by atoms with Crippen LogP contribution in [0.1, 0.15) is 40.0 Å². The van der Waals surface area contributed by atoms with Crippen LogP contribution >= 0.6 is 0 Å². The lowest BCUT2D eigenvalue weighted by Crippen LogP contribution is -2.37. The molecule has 1 aliphatic heterocycles. The molecule has 1 atom stereocenters. The smallest absolute Gasteiger partial charge is 0.0673 e. The van der Waals surface area contributed by atoms with E-state index < -0.39 is 0 Å². The Morgan fingerprint density at radius 1 is 1.37 bits per heavy atom. The van der Waals surface area contributed by atoms with Gasteiger partial charge in [0, 0.05) is 26.2 Å². The molecular formula is C16H32N2O. The van der Waals surface area contributed by atoms with Crippen molar-refractivity contribution in [2.24, 2.45) is 5.92 Å². The molecule has 1 heterocycles. The van der Waals surface area contributed by atoms with Crippen molar-refractivity contribution in [1.29, 1.82) is 0 Å². The summed E-state index contributed by atoms with van der Waals surface area (Å²) in [6, 6.07) is 0.696. The summed E-state index contributed by atoms with van der Waals surface area (Å²) >= 11 is 0. The lowest BCUT2D eigenvalue weighted by molar-refractivity contribution is 0.189. The van der Waals surface area contributed by atoms with Crippen LogP contribution in [0.25, 0.3) is 0 Å². The molecular weight excluding hydrogens is 236 g/mol. The number of hydrogen-bond donors (Lipinski definition) is 1. The van der Waals surface area contributed by atoms with Crippen molar-refractivity contribution in [2.75, 3.05) is 39.9 Å². The molecule has 112 valence electrons. The molecule has 0 bridgehead atoms. The van der Waals surface area contributed by atoms with Gasteiger partial charge in [-0.2, -0.15) is 0 Å². The van der Waals surface area contributed by atoms with Crippen molar-refractivity contribution >= 4 is 0 Å². The second kappa shape index (κ2) is 9.51. The predicted molar refractivity (Wildman–Crippen MR) is 82.6 cm³/mol. The predicted octanol–water partition coefficient (Wildman–Crippen LogP) is 2.68. The van der Waals surface area contributed by atoms with Crippen LogP contribution in [0.4, 0.5) is 0 Å². The number of nitrogens with one attached hydrogen (secondary N) is 1. The molecule has 1 N–H and O–H groups in total. The van der Waals surface area contributed by atoms with Gasteiger partial charge in [0.15, 0.2) is 0 Å². The third-order valence-corrected chi connectivity index (χ3v) is 3.82. The molecule has 0 saturated heterocycles. The fourth-order valence-electron chi connectivity index (χ4n) is 2.54. The van der Waals surface area contributed by atoms with Gasteiger partial charge in [0.25, 0.3) is 0 Å². The maximum absolute atomic E-state index is 5.19. The average molecular weight is 268 g/mol. The van der Waals surface area contributed by atoms with Crippen LogP contribution in [0.3, 0.4) is 0 Å². The topological polar surface area (TPSA) is 24.5 Å². The lowest BCUT2D eigenvalue weighted by atomic mass is 10.1. The summed E-state index contributed by atoms with van der Waals surface area (Å²) in [4.78, 5) is 2.58. The summed E-state index contributed by atoms with van der Waals surface area (Å²) in [7, 11) is 1.78. The standard InChI is InChI=1S/C16H32N2O/c1-14(2)12-17-9-5-6-15(3)18-10-7-16(8-11-18)13-19-4/h7,14-15,17H,5-6,8-13H2,1-4H3. The highest BCUT2D eigenvalue weighted by molar-refractivity contribution is 5.08. The summed E-state index contributed by atoms with van der Waals surface area (Å²) < 4.78 is 5.19. The van der Waals surface area contributed by atoms with Gasteiger partial charge in [-0.3, -0.25) is 4.90 Å². The molecule has 0 fully saturated rings. The first-order valence-corrected chi connectivity index (χ1v) is 7.75. The molecule has 0 aromatic carbocycles. The number of methoxy groups -OCH3 is 1. The Balaban J connectivity index is 2.12. The first-order chi connectivity index (χ1) is 9.13. The quantitative estimate of drug-likeness (QED) is 0.514. The van der Waals surface area contributed by atoms with E-state index in [4.69, 9.17) is 4.74 Å². The number of rotatable bonds is 9. The van der Waals surface area contributed by atoms with Gasteiger partial charge in [0.1, 0.15) is 0 Å². The first-order valence-electron chi connectivity index (χ1n) is 7.75. The van der Waals surface area contributed by atoms with E-state index in [1.165, 1.54) is 31.4 Å². The Hall–Kier alpha value is -0.380. The molecule has 0 aromatic heterocycles. The lowest BCUT2D eigenvalue weighted by Gasteiger charge is -2.31. The maximum Gasteiger partial charge on any atom is 0.0673 e. The van der Waals surface area contributed by atoms with Crippen LogP contribution in [0, 0.1) is 5.92 Å². The highest BCUT2D eigenvalue weighted by Gasteiger charge is 2.16. The van der Waals surface area contributed by atoms with E-state index in [9.17, 15) is 0 Å². The van der Waals surface area contributed by atoms with Crippen molar-refractivity contribution in [3.63, 3.8) is 0 Å². The highest BCUT2D eigenvalue weighted by atomic mass is 16.5. The molecule has 3 heteroatoms. The Kier molecular flexibility index (Phi) is 8.35. The minimum absolute atomic E-state index is 0.696. The largest absolute Gasteiger partial charge is 0.380 e. The molecule has 0 spiro atoms. The zero-order valence-electron chi connectivity index (χ0n) is 13.2. The number of hydrogen-bond acceptors (Lipinski definition) is 3. The van der Waals surface area contributed by atoms with E-state index in [-0.39, 0.29) is 0 Å². The average Bonchev–Trinajstić information content (AvgIpc) is 2.39. The summed E-state index contributed by atoms with van der Waals surface area (Å²) in [5.41, 5.74) is 1.46. The van der Waals surface area contributed by atoms with Gasteiger partial charge in [-0.15, -0.1) is 0 Å². The highest BCUT2D eigenvalue weighted by Crippen LogP contribution is 2.15. The second-order valence-corrected chi connectivity index (χ2v) is 6.13. The fourth-order valence-corrected chi connectivity index (χ4v) is 2.54. The molecule has 0 saturated carbocycles. The third-order valence-electron chi connectivity index (χ3n) is 3.82. The van der Waals surface area contributed by atoms with Gasteiger partial charge in [-0.25, -0.2) is 0 Å². The van der Waals surface area contributed by atoms with E-state index >= 15 is 0 Å². The van der Waals surface area contributed by atoms with Crippen LogP contribution in [-0.4, -0.2) is 50.8 Å². The molecule has 19 heavy (non-hydrogen) atoms. The van der Waals surface area contributed by atoms with Gasteiger partial charge >= 0.3 is 0 Å². The molecule has 1 rings (SSSR count). The number of nitrogens with zero attached hydrogens (tertiary/aromatic N) is 1. The Morgan fingerprint density at radius 3 is 2.74 bits per heavy atom. The van der Waals surface area contributed by atoms with Crippen molar-refractivity contribution in [2.45, 2.75) is 46.1 Å². The van der Waals surface area contributed by atoms with Crippen molar-refractivity contribution in [3.05, 3.63) is 11.6 Å². The summed E-state index contributed by atoms with van der Waals surface area (Å²) in [5, 5.41) is 3.52. The minimum Gasteiger partial charge on any atom is -0.380 e. The Bertz CT molecular complexity index is 263. The SMILES string of the molecule is COCC1=CCN(C(C)CCCNCC(C)C)CC1. The molecule has 0 aromatic rings. The molecule has 0 aliphatic carbocycles. The summed E-state index contributed by atoms with van der Waals surface area (Å²) in [6.45, 7) is 12.3. The van der Waals surface area contributed by atoms with E-state index in [1.807, 2.05) is 0 Å². The molecule has 0 amide bonds. The zero-order valence-corrected chi connectivity index (χ0v) is 13.2. The molecule has 1 unspecified atom stereocenters. The second-order valence-electron chi connectivity index (χ2n) is 6.13. The van der Waals surface area contributed by atoms with Crippen LogP contribution in [0.15, 0.2) is 11.6 Å². The van der Waals surface area contributed by atoms with Gasteiger partial charge in [0.2, 0.25) is 0 Å². The van der Waals surface area contributed by atoms with E-state index in [0.717, 1.165) is 32.2 Å². The van der Waals surface area contributed by atoms with Gasteiger partial charge < -0.3 is 10.1 Å². The first kappa shape index (κ1) is 16.7. The van der Waals surface area contributed by atoms with Crippen molar-refractivity contribution < 1.29 is 4.74 Å². The zero-order chi connectivity index (χ0) is 14.1. The third kappa shape index (κ3) is 7.09. The fraction of sp³-hybridized carbons (Fsp3) is 0.875. The number of ether oxygens (including phenoxy) is 1. The van der Waals surface area contributed by atoms with E-state index in [2.05, 4.69) is 37.1 Å². The molecule has 3 nitrogen and oxygen atoms in total. The van der Waals surface area contributed by atoms with E-state index in [1.54, 1.807) is 7.11 Å². The van der Waals surface area contributed by atoms with Gasteiger partial charge in [-0.05, 0) is 50.8 Å². The van der Waals surface area contributed by atoms with Crippen molar-refractivity contribution in [3.8, 4) is 0 Å². The van der Waals surface area contributed by atoms with Gasteiger partial charge in [0.05, 0.1) is 6.61 Å². The van der Waals surface area contributed by atoms with Crippen molar-refractivity contribution in [1.82, 2.24) is 10.2 Å². The Labute approximate surface area is 119 Å². The van der Waals surface area contributed by atoms with Crippen LogP contribution < -0.4 is 5.32 Å². The summed E-state index contributed by atoms with van der Waals surface area (Å²) in [5.74, 6) is 0.754. The Morgan fingerprint density at radius 2 is 2.16 bits per heavy atom. The van der Waals surface area contributed by atoms with Gasteiger partial charge in [-0.1, -0.05) is 19.9 Å².